The Balaban J connectivity index is 1.22. The van der Waals surface area contributed by atoms with Crippen molar-refractivity contribution in [3.05, 3.63) is 66.1 Å². The van der Waals surface area contributed by atoms with E-state index in [9.17, 15) is 9.59 Å². The highest BCUT2D eigenvalue weighted by atomic mass is 16.5. The Morgan fingerprint density at radius 3 is 2.38 bits per heavy atom. The summed E-state index contributed by atoms with van der Waals surface area (Å²) < 4.78 is 5.23. The van der Waals surface area contributed by atoms with Gasteiger partial charge in [-0.05, 0) is 48.7 Å². The third-order valence-electron chi connectivity index (χ3n) is 6.42. The van der Waals surface area contributed by atoms with Crippen LogP contribution in [0.5, 0.6) is 5.75 Å². The number of aromatic nitrogens is 3. The Bertz CT molecular complexity index is 1110. The number of carbonyl (C=O) groups excluding carboxylic acids is 2. The first-order chi connectivity index (χ1) is 15.6. The molecular weight excluding hydrogens is 406 g/mol. The topological polar surface area (TPSA) is 91.4 Å². The van der Waals surface area contributed by atoms with Crippen molar-refractivity contribution >= 4 is 11.8 Å². The summed E-state index contributed by atoms with van der Waals surface area (Å²) in [6.07, 6.45) is 5.14. The molecule has 1 aliphatic heterocycles. The highest BCUT2D eigenvalue weighted by molar-refractivity contribution is 5.94. The number of hydrogen-bond acceptors (Lipinski definition) is 5. The predicted octanol–water partition coefficient (Wildman–Crippen LogP) is 2.50. The van der Waals surface area contributed by atoms with E-state index in [-0.39, 0.29) is 11.8 Å². The molecule has 32 heavy (non-hydrogen) atoms. The Hall–Kier alpha value is -3.68. The molecule has 164 valence electrons. The molecule has 0 bridgehead atoms. The number of methoxy groups -OCH3 is 1. The van der Waals surface area contributed by atoms with Crippen molar-refractivity contribution in [1.82, 2.24) is 25.0 Å². The number of benzene rings is 1. The first-order valence-electron chi connectivity index (χ1n) is 10.8. The summed E-state index contributed by atoms with van der Waals surface area (Å²) in [5.74, 6) is 0.848. The highest BCUT2D eigenvalue weighted by Gasteiger charge is 2.53. The van der Waals surface area contributed by atoms with Gasteiger partial charge in [-0.3, -0.25) is 19.7 Å². The van der Waals surface area contributed by atoms with Crippen molar-refractivity contribution in [2.75, 3.05) is 33.3 Å². The summed E-state index contributed by atoms with van der Waals surface area (Å²) in [7, 11) is 1.64. The molecule has 5 rings (SSSR count). The van der Waals surface area contributed by atoms with Crippen LogP contribution in [-0.4, -0.2) is 70.1 Å². The van der Waals surface area contributed by atoms with Gasteiger partial charge in [0.05, 0.1) is 18.2 Å². The van der Waals surface area contributed by atoms with Crippen LogP contribution in [0.25, 0.3) is 11.3 Å². The van der Waals surface area contributed by atoms with Crippen molar-refractivity contribution < 1.29 is 14.3 Å². The lowest BCUT2D eigenvalue weighted by molar-refractivity contribution is -0.135. The Kier molecular flexibility index (Phi) is 5.13. The van der Waals surface area contributed by atoms with Crippen LogP contribution in [0.4, 0.5) is 0 Å². The lowest BCUT2D eigenvalue weighted by Gasteiger charge is -2.36. The molecule has 3 aromatic rings. The molecule has 1 saturated heterocycles. The van der Waals surface area contributed by atoms with E-state index in [1.807, 2.05) is 41.3 Å². The minimum absolute atomic E-state index is 0.101. The molecule has 1 aliphatic carbocycles. The van der Waals surface area contributed by atoms with Gasteiger partial charge in [0.15, 0.2) is 0 Å². The van der Waals surface area contributed by atoms with Crippen molar-refractivity contribution in [2.24, 2.45) is 0 Å². The molecule has 3 heterocycles. The lowest BCUT2D eigenvalue weighted by atomic mass is 9.94. The molecule has 1 saturated carbocycles. The molecule has 8 nitrogen and oxygen atoms in total. The second-order valence-electron chi connectivity index (χ2n) is 8.30. The van der Waals surface area contributed by atoms with E-state index in [2.05, 4.69) is 15.2 Å². The lowest BCUT2D eigenvalue weighted by Crippen LogP contribution is -2.53. The number of aromatic amines is 1. The first kappa shape index (κ1) is 20.2. The molecule has 0 atom stereocenters. The summed E-state index contributed by atoms with van der Waals surface area (Å²) in [6, 6.07) is 13.3. The van der Waals surface area contributed by atoms with Crippen molar-refractivity contribution in [1.29, 1.82) is 0 Å². The number of nitrogens with one attached hydrogen (secondary N) is 1. The van der Waals surface area contributed by atoms with E-state index >= 15 is 0 Å². The summed E-state index contributed by atoms with van der Waals surface area (Å²) in [5.41, 5.74) is 2.61. The summed E-state index contributed by atoms with van der Waals surface area (Å²) in [6.45, 7) is 2.08. The highest BCUT2D eigenvalue weighted by Crippen LogP contribution is 2.50. The van der Waals surface area contributed by atoms with E-state index in [1.165, 1.54) is 0 Å². The summed E-state index contributed by atoms with van der Waals surface area (Å²) >= 11 is 0. The molecule has 2 aliphatic rings. The average molecular weight is 431 g/mol. The van der Waals surface area contributed by atoms with Crippen molar-refractivity contribution in [3.63, 3.8) is 0 Å². The van der Waals surface area contributed by atoms with Gasteiger partial charge in [-0.2, -0.15) is 5.10 Å². The first-order valence-corrected chi connectivity index (χ1v) is 10.8. The fourth-order valence-electron chi connectivity index (χ4n) is 4.34. The second kappa shape index (κ2) is 8.11. The molecule has 8 heteroatoms. The fourth-order valence-corrected chi connectivity index (χ4v) is 4.34. The Morgan fingerprint density at radius 1 is 1.03 bits per heavy atom. The number of nitrogens with zero attached hydrogens (tertiary/aromatic N) is 4. The van der Waals surface area contributed by atoms with Crippen LogP contribution in [0.2, 0.25) is 0 Å². The van der Waals surface area contributed by atoms with Gasteiger partial charge >= 0.3 is 0 Å². The Labute approximate surface area is 186 Å². The van der Waals surface area contributed by atoms with Crippen LogP contribution in [-0.2, 0) is 10.2 Å². The molecule has 0 unspecified atom stereocenters. The van der Waals surface area contributed by atoms with E-state index in [1.54, 1.807) is 30.5 Å². The van der Waals surface area contributed by atoms with Gasteiger partial charge in [0.2, 0.25) is 5.91 Å². The van der Waals surface area contributed by atoms with Crippen LogP contribution in [0, 0.1) is 0 Å². The normalized spacial score (nSPS) is 17.2. The summed E-state index contributed by atoms with van der Waals surface area (Å²) in [4.78, 5) is 34.0. The SMILES string of the molecule is COc1ccc(C2(C(=O)N3CCN(C(=O)c4cc(-c5cccnc5)n[nH]4)CC3)CC2)cc1. The maximum Gasteiger partial charge on any atom is 0.272 e. The van der Waals surface area contributed by atoms with Crippen LogP contribution >= 0.6 is 0 Å². The molecule has 1 N–H and O–H groups in total. The van der Waals surface area contributed by atoms with Crippen LogP contribution < -0.4 is 4.74 Å². The van der Waals surface area contributed by atoms with E-state index in [4.69, 9.17) is 4.74 Å². The standard InChI is InChI=1S/C24H25N5O3/c1-32-19-6-4-18(5-7-19)24(8-9-24)23(31)29-13-11-28(12-14-29)22(30)21-15-20(26-27-21)17-3-2-10-25-16-17/h2-7,10,15-16H,8-9,11-14H2,1H3,(H,26,27). The van der Waals surface area contributed by atoms with Gasteiger partial charge in [-0.15, -0.1) is 0 Å². The molecular formula is C24H25N5O3. The van der Waals surface area contributed by atoms with Crippen LogP contribution in [0.15, 0.2) is 54.9 Å². The quantitative estimate of drug-likeness (QED) is 0.670. The van der Waals surface area contributed by atoms with Gasteiger partial charge in [-0.25, -0.2) is 0 Å². The van der Waals surface area contributed by atoms with Gasteiger partial charge in [0.25, 0.3) is 5.91 Å². The molecule has 0 radical (unpaired) electrons. The average Bonchev–Trinajstić information content (AvgIpc) is 3.53. The van der Waals surface area contributed by atoms with Gasteiger partial charge < -0.3 is 14.5 Å². The number of H-pyrrole nitrogens is 1. The van der Waals surface area contributed by atoms with Crippen molar-refractivity contribution in [2.45, 2.75) is 18.3 Å². The Morgan fingerprint density at radius 2 is 1.75 bits per heavy atom. The number of ether oxygens (including phenoxy) is 1. The van der Waals surface area contributed by atoms with E-state index in [0.29, 0.717) is 37.6 Å². The summed E-state index contributed by atoms with van der Waals surface area (Å²) in [5, 5.41) is 7.09. The number of amides is 2. The van der Waals surface area contributed by atoms with Crippen molar-refractivity contribution in [3.8, 4) is 17.0 Å². The molecule has 0 spiro atoms. The van der Waals surface area contributed by atoms with Gasteiger partial charge in [-0.1, -0.05) is 12.1 Å². The third kappa shape index (κ3) is 3.62. The molecule has 1 aromatic carbocycles. The number of hydrogen-bond donors (Lipinski definition) is 1. The number of carbonyl (C=O) groups is 2. The second-order valence-corrected chi connectivity index (χ2v) is 8.30. The van der Waals surface area contributed by atoms with E-state index < -0.39 is 5.41 Å². The van der Waals surface area contributed by atoms with Crippen LogP contribution in [0.1, 0.15) is 28.9 Å². The smallest absolute Gasteiger partial charge is 0.272 e. The minimum atomic E-state index is -0.416. The maximum atomic E-state index is 13.3. The zero-order valence-electron chi connectivity index (χ0n) is 18.0. The molecule has 2 amide bonds. The largest absolute Gasteiger partial charge is 0.497 e. The fraction of sp³-hybridized carbons (Fsp3) is 0.333. The number of pyridine rings is 1. The van der Waals surface area contributed by atoms with Gasteiger partial charge in [0, 0.05) is 44.1 Å². The zero-order chi connectivity index (χ0) is 22.1. The maximum absolute atomic E-state index is 13.3. The molecule has 2 fully saturated rings. The third-order valence-corrected chi connectivity index (χ3v) is 6.42. The monoisotopic (exact) mass is 431 g/mol. The predicted molar refractivity (Wildman–Crippen MR) is 118 cm³/mol. The van der Waals surface area contributed by atoms with Crippen LogP contribution in [0.3, 0.4) is 0 Å². The van der Waals surface area contributed by atoms with Gasteiger partial charge in [0.1, 0.15) is 11.4 Å². The number of piperazine rings is 1. The minimum Gasteiger partial charge on any atom is -0.497 e. The van der Waals surface area contributed by atoms with E-state index in [0.717, 1.165) is 29.7 Å². The zero-order valence-corrected chi connectivity index (χ0v) is 18.0. The molecule has 2 aromatic heterocycles. The number of rotatable bonds is 5.